The van der Waals surface area contributed by atoms with Crippen LogP contribution in [0.15, 0.2) is 0 Å². The van der Waals surface area contributed by atoms with Crippen LogP contribution < -0.4 is 27.4 Å². The number of aliphatic hydroxyl groups excluding tert-OH is 1. The Morgan fingerprint density at radius 2 is 1.52 bits per heavy atom. The minimum atomic E-state index is -1.36. The Kier molecular flexibility index (Phi) is 12.8. The number of rotatable bonds is 14. The molecule has 0 rings (SSSR count). The molecule has 168 valence electrons. The number of amides is 3. The highest BCUT2D eigenvalue weighted by Gasteiger charge is 2.31. The topological polar surface area (TPSA) is 197 Å². The second-order valence-corrected chi connectivity index (χ2v) is 7.09. The van der Waals surface area contributed by atoms with Gasteiger partial charge >= 0.3 is 5.97 Å². The number of carboxylic acid groups (broad SMARTS) is 1. The lowest BCUT2D eigenvalue weighted by atomic mass is 9.97. The van der Waals surface area contributed by atoms with E-state index in [2.05, 4.69) is 16.0 Å². The summed E-state index contributed by atoms with van der Waals surface area (Å²) in [6, 6.07) is -4.31. The Labute approximate surface area is 171 Å². The number of carboxylic acids is 1. The molecule has 0 saturated heterocycles. The van der Waals surface area contributed by atoms with Crippen molar-refractivity contribution in [3.63, 3.8) is 0 Å². The fourth-order valence-corrected chi connectivity index (χ4v) is 2.46. The van der Waals surface area contributed by atoms with E-state index in [4.69, 9.17) is 11.5 Å². The van der Waals surface area contributed by atoms with Crippen molar-refractivity contribution in [2.45, 2.75) is 70.6 Å². The van der Waals surface area contributed by atoms with Gasteiger partial charge in [0.15, 0.2) is 0 Å². The van der Waals surface area contributed by atoms with Crippen molar-refractivity contribution in [1.29, 1.82) is 0 Å². The summed E-state index contributed by atoms with van der Waals surface area (Å²) in [5, 5.41) is 26.0. The number of carbonyl (C=O) groups excluding carboxylic acids is 3. The number of hydrogen-bond acceptors (Lipinski definition) is 7. The third-order valence-electron chi connectivity index (χ3n) is 4.58. The number of aliphatic carboxylic acids is 1. The molecule has 3 amide bonds. The Balaban J connectivity index is 5.13. The molecule has 0 aromatic heterocycles. The van der Waals surface area contributed by atoms with E-state index in [1.165, 1.54) is 6.92 Å². The Hall–Kier alpha value is -2.24. The van der Waals surface area contributed by atoms with Crippen molar-refractivity contribution < 1.29 is 29.4 Å². The van der Waals surface area contributed by atoms with Gasteiger partial charge in [0.05, 0.1) is 12.6 Å². The second kappa shape index (κ2) is 13.9. The van der Waals surface area contributed by atoms with Crippen LogP contribution in [0.3, 0.4) is 0 Å². The molecule has 11 heteroatoms. The monoisotopic (exact) mass is 417 g/mol. The van der Waals surface area contributed by atoms with Gasteiger partial charge in [-0.1, -0.05) is 20.3 Å². The van der Waals surface area contributed by atoms with Gasteiger partial charge in [0.1, 0.15) is 18.1 Å². The summed E-state index contributed by atoms with van der Waals surface area (Å²) in [4.78, 5) is 48.2. The molecule has 0 heterocycles. The van der Waals surface area contributed by atoms with Crippen molar-refractivity contribution in [3.8, 4) is 0 Å². The van der Waals surface area contributed by atoms with Crippen molar-refractivity contribution in [1.82, 2.24) is 16.0 Å². The van der Waals surface area contributed by atoms with E-state index >= 15 is 0 Å². The number of nitrogens with two attached hydrogens (primary N) is 2. The third-order valence-corrected chi connectivity index (χ3v) is 4.58. The molecule has 0 aliphatic carbocycles. The van der Waals surface area contributed by atoms with E-state index in [-0.39, 0.29) is 12.3 Å². The molecule has 0 aliphatic heterocycles. The smallest absolute Gasteiger partial charge is 0.326 e. The van der Waals surface area contributed by atoms with Gasteiger partial charge in [0.2, 0.25) is 17.7 Å². The van der Waals surface area contributed by atoms with Crippen molar-refractivity contribution >= 4 is 23.7 Å². The maximum Gasteiger partial charge on any atom is 0.326 e. The van der Waals surface area contributed by atoms with Crippen molar-refractivity contribution in [2.75, 3.05) is 13.2 Å². The van der Waals surface area contributed by atoms with E-state index in [1.807, 2.05) is 6.92 Å². The average molecular weight is 418 g/mol. The first-order chi connectivity index (χ1) is 13.6. The zero-order chi connectivity index (χ0) is 22.6. The number of aliphatic hydroxyl groups is 1. The maximum absolute atomic E-state index is 12.6. The van der Waals surface area contributed by atoms with Gasteiger partial charge in [-0.3, -0.25) is 14.4 Å². The number of hydrogen-bond donors (Lipinski definition) is 7. The third kappa shape index (κ3) is 9.68. The molecule has 29 heavy (non-hydrogen) atoms. The zero-order valence-corrected chi connectivity index (χ0v) is 17.3. The SMILES string of the molecule is CCC(C)C(NC(=O)C(C)N)C(=O)NC(CO)C(=O)NC(CCCCN)C(=O)O. The molecule has 0 spiro atoms. The Bertz CT molecular complexity index is 557. The highest BCUT2D eigenvalue weighted by molar-refractivity contribution is 5.94. The van der Waals surface area contributed by atoms with Crippen LogP contribution in [0.1, 0.15) is 46.5 Å². The van der Waals surface area contributed by atoms with E-state index in [0.717, 1.165) is 0 Å². The largest absolute Gasteiger partial charge is 0.480 e. The van der Waals surface area contributed by atoms with Crippen LogP contribution in [-0.2, 0) is 19.2 Å². The van der Waals surface area contributed by atoms with Crippen LogP contribution in [-0.4, -0.2) is 71.2 Å². The van der Waals surface area contributed by atoms with Crippen LogP contribution >= 0.6 is 0 Å². The molecule has 5 unspecified atom stereocenters. The molecule has 9 N–H and O–H groups in total. The molecular weight excluding hydrogens is 382 g/mol. The Morgan fingerprint density at radius 3 is 1.97 bits per heavy atom. The minimum absolute atomic E-state index is 0.171. The molecule has 0 fully saturated rings. The maximum atomic E-state index is 12.6. The van der Waals surface area contributed by atoms with Gasteiger partial charge in [-0.25, -0.2) is 4.79 Å². The fraction of sp³-hybridized carbons (Fsp3) is 0.778. The lowest BCUT2D eigenvalue weighted by Gasteiger charge is -2.27. The van der Waals surface area contributed by atoms with Gasteiger partial charge in [0.25, 0.3) is 0 Å². The molecule has 0 saturated carbocycles. The summed E-state index contributed by atoms with van der Waals surface area (Å²) >= 11 is 0. The normalized spacial score (nSPS) is 16.1. The zero-order valence-electron chi connectivity index (χ0n) is 17.3. The van der Waals surface area contributed by atoms with Crippen LogP contribution in [0.2, 0.25) is 0 Å². The first-order valence-electron chi connectivity index (χ1n) is 9.79. The molecule has 11 nitrogen and oxygen atoms in total. The molecule has 0 aromatic rings. The van der Waals surface area contributed by atoms with Crippen LogP contribution in [0, 0.1) is 5.92 Å². The Morgan fingerprint density at radius 1 is 0.931 bits per heavy atom. The van der Waals surface area contributed by atoms with E-state index in [0.29, 0.717) is 25.8 Å². The summed E-state index contributed by atoms with van der Waals surface area (Å²) < 4.78 is 0. The lowest BCUT2D eigenvalue weighted by molar-refractivity contribution is -0.143. The summed E-state index contributed by atoms with van der Waals surface area (Å²) in [6.07, 6.45) is 1.85. The quantitative estimate of drug-likeness (QED) is 0.158. The summed E-state index contributed by atoms with van der Waals surface area (Å²) in [5.74, 6) is -3.51. The van der Waals surface area contributed by atoms with E-state index in [9.17, 15) is 29.4 Å². The first-order valence-corrected chi connectivity index (χ1v) is 9.79. The number of nitrogens with one attached hydrogen (secondary N) is 3. The number of carbonyl (C=O) groups is 4. The summed E-state index contributed by atoms with van der Waals surface area (Å²) in [5.41, 5.74) is 10.9. The minimum Gasteiger partial charge on any atom is -0.480 e. The van der Waals surface area contributed by atoms with E-state index in [1.54, 1.807) is 6.92 Å². The highest BCUT2D eigenvalue weighted by Crippen LogP contribution is 2.09. The van der Waals surface area contributed by atoms with Crippen LogP contribution in [0.25, 0.3) is 0 Å². The van der Waals surface area contributed by atoms with E-state index < -0.39 is 54.5 Å². The van der Waals surface area contributed by atoms with Gasteiger partial charge in [-0.2, -0.15) is 0 Å². The molecule has 0 radical (unpaired) electrons. The standard InChI is InChI=1S/C18H35N5O6/c1-4-10(2)14(23-15(25)11(3)20)17(27)22-13(9-24)16(26)21-12(18(28)29)7-5-6-8-19/h10-14,24H,4-9,19-20H2,1-3H3,(H,21,26)(H,22,27)(H,23,25)(H,28,29). The van der Waals surface area contributed by atoms with Gasteiger partial charge < -0.3 is 37.6 Å². The molecular formula is C18H35N5O6. The van der Waals surface area contributed by atoms with Crippen LogP contribution in [0.5, 0.6) is 0 Å². The highest BCUT2D eigenvalue weighted by atomic mass is 16.4. The lowest BCUT2D eigenvalue weighted by Crippen LogP contribution is -2.59. The predicted molar refractivity (Wildman–Crippen MR) is 107 cm³/mol. The van der Waals surface area contributed by atoms with Gasteiger partial charge in [-0.15, -0.1) is 0 Å². The van der Waals surface area contributed by atoms with Crippen molar-refractivity contribution in [2.24, 2.45) is 17.4 Å². The predicted octanol–water partition coefficient (Wildman–Crippen LogP) is -1.96. The first kappa shape index (κ1) is 26.8. The molecule has 0 aromatic carbocycles. The van der Waals surface area contributed by atoms with Gasteiger partial charge in [-0.05, 0) is 38.6 Å². The van der Waals surface area contributed by atoms with Crippen molar-refractivity contribution in [3.05, 3.63) is 0 Å². The van der Waals surface area contributed by atoms with Crippen LogP contribution in [0.4, 0.5) is 0 Å². The van der Waals surface area contributed by atoms with Gasteiger partial charge in [0, 0.05) is 0 Å². The second-order valence-electron chi connectivity index (χ2n) is 7.09. The number of unbranched alkanes of at least 4 members (excludes halogenated alkanes) is 1. The molecule has 0 aliphatic rings. The molecule has 0 bridgehead atoms. The average Bonchev–Trinajstić information content (AvgIpc) is 2.67. The summed E-state index contributed by atoms with van der Waals surface area (Å²) in [6.45, 7) is 4.72. The summed E-state index contributed by atoms with van der Waals surface area (Å²) in [7, 11) is 0. The fourth-order valence-electron chi connectivity index (χ4n) is 2.46. The molecule has 5 atom stereocenters.